The lowest BCUT2D eigenvalue weighted by Gasteiger charge is -2.48. The first-order valence-corrected chi connectivity index (χ1v) is 9.10. The van der Waals surface area contributed by atoms with Gasteiger partial charge in [-0.3, -0.25) is 0 Å². The fourth-order valence-corrected chi connectivity index (χ4v) is 3.97. The molecule has 9 heteroatoms. The average molecular weight is 394 g/mol. The summed E-state index contributed by atoms with van der Waals surface area (Å²) in [5.41, 5.74) is 0. The van der Waals surface area contributed by atoms with E-state index in [9.17, 15) is 0 Å². The van der Waals surface area contributed by atoms with Crippen LogP contribution in [0.2, 0.25) is 0 Å². The molecule has 160 valence electrons. The zero-order chi connectivity index (χ0) is 20.1. The SMILES string of the molecule is COC1OC(C)C(OC)C(OC2OC(C)C(OC)C(OC)C2OC)C1OC. The predicted octanol–water partition coefficient (Wildman–Crippen LogP) is 0.583. The lowest BCUT2D eigenvalue weighted by atomic mass is 9.97. The maximum atomic E-state index is 6.35. The highest BCUT2D eigenvalue weighted by Gasteiger charge is 2.51. The minimum atomic E-state index is -0.704. The molecule has 0 spiro atoms. The lowest BCUT2D eigenvalue weighted by Crippen LogP contribution is -2.64. The van der Waals surface area contributed by atoms with Crippen LogP contribution in [0.1, 0.15) is 13.8 Å². The molecule has 10 unspecified atom stereocenters. The Hall–Kier alpha value is -0.360. The van der Waals surface area contributed by atoms with Crippen LogP contribution in [0, 0.1) is 0 Å². The number of methoxy groups -OCH3 is 6. The molecule has 10 atom stereocenters. The van der Waals surface area contributed by atoms with Crippen molar-refractivity contribution in [3.05, 3.63) is 0 Å². The van der Waals surface area contributed by atoms with Gasteiger partial charge in [0.25, 0.3) is 0 Å². The first-order valence-electron chi connectivity index (χ1n) is 9.10. The van der Waals surface area contributed by atoms with Gasteiger partial charge in [-0.2, -0.15) is 0 Å². The maximum Gasteiger partial charge on any atom is 0.187 e. The van der Waals surface area contributed by atoms with Gasteiger partial charge in [0.1, 0.15) is 36.6 Å². The molecule has 2 aliphatic rings. The second-order valence-electron chi connectivity index (χ2n) is 6.76. The maximum absolute atomic E-state index is 6.35. The predicted molar refractivity (Wildman–Crippen MR) is 94.5 cm³/mol. The molecule has 0 saturated carbocycles. The number of hydrogen-bond donors (Lipinski definition) is 0. The van der Waals surface area contributed by atoms with E-state index in [1.54, 1.807) is 42.7 Å². The molecule has 0 amide bonds. The van der Waals surface area contributed by atoms with Gasteiger partial charge in [0.05, 0.1) is 12.2 Å². The quantitative estimate of drug-likeness (QED) is 0.587. The molecule has 2 aliphatic heterocycles. The molecule has 0 bridgehead atoms. The van der Waals surface area contributed by atoms with Crippen molar-refractivity contribution >= 4 is 0 Å². The van der Waals surface area contributed by atoms with Gasteiger partial charge in [-0.1, -0.05) is 0 Å². The minimum Gasteiger partial charge on any atom is -0.376 e. The Morgan fingerprint density at radius 2 is 0.852 bits per heavy atom. The Morgan fingerprint density at radius 1 is 0.444 bits per heavy atom. The lowest BCUT2D eigenvalue weighted by molar-refractivity contribution is -0.360. The van der Waals surface area contributed by atoms with Gasteiger partial charge in [0.2, 0.25) is 0 Å². The zero-order valence-electron chi connectivity index (χ0n) is 17.4. The summed E-state index contributed by atoms with van der Waals surface area (Å²) in [5, 5.41) is 0. The Morgan fingerprint density at radius 3 is 1.30 bits per heavy atom. The van der Waals surface area contributed by atoms with Crippen LogP contribution in [-0.4, -0.2) is 104 Å². The van der Waals surface area contributed by atoms with Crippen molar-refractivity contribution in [1.82, 2.24) is 0 Å². The molecular formula is C18H34O9. The molecule has 2 fully saturated rings. The van der Waals surface area contributed by atoms with Gasteiger partial charge in [-0.15, -0.1) is 0 Å². The smallest absolute Gasteiger partial charge is 0.187 e. The molecule has 2 saturated heterocycles. The highest BCUT2D eigenvalue weighted by atomic mass is 16.8. The third kappa shape index (κ3) is 4.63. The monoisotopic (exact) mass is 394 g/mol. The van der Waals surface area contributed by atoms with Gasteiger partial charge in [-0.05, 0) is 13.8 Å². The number of rotatable bonds is 8. The number of hydrogen-bond acceptors (Lipinski definition) is 9. The molecule has 0 radical (unpaired) electrons. The van der Waals surface area contributed by atoms with E-state index in [4.69, 9.17) is 42.6 Å². The summed E-state index contributed by atoms with van der Waals surface area (Å²) in [7, 11) is 9.58. The van der Waals surface area contributed by atoms with Crippen molar-refractivity contribution < 1.29 is 42.6 Å². The first-order chi connectivity index (χ1) is 13.0. The van der Waals surface area contributed by atoms with Gasteiger partial charge in [0.15, 0.2) is 12.6 Å². The molecule has 9 nitrogen and oxygen atoms in total. The fraction of sp³-hybridized carbons (Fsp3) is 1.00. The van der Waals surface area contributed by atoms with Gasteiger partial charge in [0, 0.05) is 42.7 Å². The highest BCUT2D eigenvalue weighted by molar-refractivity contribution is 4.95. The van der Waals surface area contributed by atoms with Crippen LogP contribution < -0.4 is 0 Å². The Balaban J connectivity index is 2.26. The zero-order valence-corrected chi connectivity index (χ0v) is 17.4. The summed E-state index contributed by atoms with van der Waals surface area (Å²) >= 11 is 0. The Labute approximate surface area is 161 Å². The second kappa shape index (κ2) is 10.4. The second-order valence-corrected chi connectivity index (χ2v) is 6.76. The summed E-state index contributed by atoms with van der Waals surface area (Å²) in [4.78, 5) is 0. The molecule has 0 aromatic heterocycles. The van der Waals surface area contributed by atoms with Crippen LogP contribution in [0.4, 0.5) is 0 Å². The third-order valence-electron chi connectivity index (χ3n) is 5.34. The van der Waals surface area contributed by atoms with Crippen LogP contribution >= 0.6 is 0 Å². The van der Waals surface area contributed by atoms with Gasteiger partial charge >= 0.3 is 0 Å². The van der Waals surface area contributed by atoms with E-state index in [0.717, 1.165) is 0 Å². The van der Waals surface area contributed by atoms with Crippen molar-refractivity contribution in [2.75, 3.05) is 42.7 Å². The van der Waals surface area contributed by atoms with E-state index < -0.39 is 30.9 Å². The van der Waals surface area contributed by atoms with Crippen LogP contribution in [0.3, 0.4) is 0 Å². The molecule has 0 aromatic carbocycles. The topological polar surface area (TPSA) is 83.1 Å². The van der Waals surface area contributed by atoms with Crippen molar-refractivity contribution in [2.45, 2.75) is 75.3 Å². The van der Waals surface area contributed by atoms with E-state index in [-0.39, 0.29) is 30.5 Å². The van der Waals surface area contributed by atoms with E-state index in [0.29, 0.717) is 0 Å². The third-order valence-corrected chi connectivity index (χ3v) is 5.34. The molecular weight excluding hydrogens is 360 g/mol. The molecule has 2 rings (SSSR count). The average Bonchev–Trinajstić information content (AvgIpc) is 2.67. The van der Waals surface area contributed by atoms with E-state index in [2.05, 4.69) is 0 Å². The molecule has 0 N–H and O–H groups in total. The summed E-state index contributed by atoms with van der Waals surface area (Å²) in [6.07, 6.45) is -4.32. The van der Waals surface area contributed by atoms with Crippen LogP contribution in [0.15, 0.2) is 0 Å². The van der Waals surface area contributed by atoms with E-state index in [1.165, 1.54) is 0 Å². The van der Waals surface area contributed by atoms with E-state index in [1.807, 2.05) is 13.8 Å². The van der Waals surface area contributed by atoms with Gasteiger partial charge in [-0.25, -0.2) is 0 Å². The standard InChI is InChI=1S/C18H34O9/c1-9-11(19-3)13(21-5)15(22-6)18(26-9)27-14-12(20-4)10(2)25-17(24-8)16(14)23-7/h9-18H,1-8H3. The first kappa shape index (κ1) is 22.9. The highest BCUT2D eigenvalue weighted by Crippen LogP contribution is 2.33. The van der Waals surface area contributed by atoms with Crippen molar-refractivity contribution in [3.63, 3.8) is 0 Å². The van der Waals surface area contributed by atoms with Crippen LogP contribution in [-0.2, 0) is 42.6 Å². The van der Waals surface area contributed by atoms with Crippen LogP contribution in [0.25, 0.3) is 0 Å². The summed E-state index contributed by atoms with van der Waals surface area (Å²) in [5.74, 6) is 0. The van der Waals surface area contributed by atoms with Crippen LogP contribution in [0.5, 0.6) is 0 Å². The van der Waals surface area contributed by atoms with Crippen molar-refractivity contribution in [3.8, 4) is 0 Å². The van der Waals surface area contributed by atoms with Crippen molar-refractivity contribution in [2.24, 2.45) is 0 Å². The Bertz CT molecular complexity index is 437. The molecule has 0 aromatic rings. The summed E-state index contributed by atoms with van der Waals surface area (Å²) < 4.78 is 51.8. The summed E-state index contributed by atoms with van der Waals surface area (Å²) in [6, 6.07) is 0. The van der Waals surface area contributed by atoms with E-state index >= 15 is 0 Å². The number of ether oxygens (including phenoxy) is 9. The van der Waals surface area contributed by atoms with Gasteiger partial charge < -0.3 is 42.6 Å². The normalized spacial score (nSPS) is 45.8. The molecule has 0 aliphatic carbocycles. The summed E-state index contributed by atoms with van der Waals surface area (Å²) in [6.45, 7) is 3.81. The fourth-order valence-electron chi connectivity index (χ4n) is 3.97. The Kier molecular flexibility index (Phi) is 8.85. The molecule has 2 heterocycles. The van der Waals surface area contributed by atoms with Crippen molar-refractivity contribution in [1.29, 1.82) is 0 Å². The molecule has 27 heavy (non-hydrogen) atoms. The minimum absolute atomic E-state index is 0.256. The largest absolute Gasteiger partial charge is 0.376 e.